The first kappa shape index (κ1) is 15.8. The number of hydrogen-bond donors (Lipinski definition) is 1. The molecule has 1 aromatic carbocycles. The summed E-state index contributed by atoms with van der Waals surface area (Å²) in [6.45, 7) is 4.50. The van der Waals surface area contributed by atoms with Crippen LogP contribution in [0, 0.1) is 0 Å². The van der Waals surface area contributed by atoms with Crippen molar-refractivity contribution < 1.29 is 0 Å². The van der Waals surface area contributed by atoms with Crippen LogP contribution >= 0.6 is 11.6 Å². The van der Waals surface area contributed by atoms with Gasteiger partial charge >= 0.3 is 0 Å². The first-order valence-electron chi connectivity index (χ1n) is 7.86. The highest BCUT2D eigenvalue weighted by Gasteiger charge is 2.14. The van der Waals surface area contributed by atoms with Crippen LogP contribution in [0.1, 0.15) is 50.6 Å². The van der Waals surface area contributed by atoms with Gasteiger partial charge in [-0.1, -0.05) is 36.6 Å². The molecule has 20 heavy (non-hydrogen) atoms. The first-order valence-corrected chi connectivity index (χ1v) is 8.23. The molecule has 1 atom stereocenters. The Balaban J connectivity index is 1.69. The summed E-state index contributed by atoms with van der Waals surface area (Å²) in [5, 5.41) is 4.50. The highest BCUT2D eigenvalue weighted by atomic mass is 35.5. The Morgan fingerprint density at radius 2 is 2.10 bits per heavy atom. The lowest BCUT2D eigenvalue weighted by Gasteiger charge is -2.25. The minimum Gasteiger partial charge on any atom is -0.314 e. The van der Waals surface area contributed by atoms with Crippen molar-refractivity contribution in [2.24, 2.45) is 0 Å². The van der Waals surface area contributed by atoms with Crippen molar-refractivity contribution in [1.29, 1.82) is 0 Å². The van der Waals surface area contributed by atoms with Crippen molar-refractivity contribution in [2.75, 3.05) is 20.1 Å². The minimum absolute atomic E-state index is 0.417. The quantitative estimate of drug-likeness (QED) is 0.756. The zero-order valence-corrected chi connectivity index (χ0v) is 13.5. The molecule has 1 aliphatic carbocycles. The van der Waals surface area contributed by atoms with Crippen LogP contribution in [0.3, 0.4) is 0 Å². The topological polar surface area (TPSA) is 15.3 Å². The summed E-state index contributed by atoms with van der Waals surface area (Å²) in [6.07, 6.45) is 6.76. The maximum absolute atomic E-state index is 6.06. The van der Waals surface area contributed by atoms with Gasteiger partial charge in [-0.15, -0.1) is 0 Å². The fraction of sp³-hybridized carbons (Fsp3) is 0.647. The summed E-state index contributed by atoms with van der Waals surface area (Å²) in [5.41, 5.74) is 1.30. The maximum atomic E-state index is 6.06. The second-order valence-corrected chi connectivity index (χ2v) is 6.44. The highest BCUT2D eigenvalue weighted by molar-refractivity contribution is 6.30. The molecule has 3 heteroatoms. The van der Waals surface area contributed by atoms with Crippen LogP contribution in [0.5, 0.6) is 0 Å². The van der Waals surface area contributed by atoms with E-state index in [1.807, 2.05) is 12.1 Å². The van der Waals surface area contributed by atoms with Crippen LogP contribution < -0.4 is 5.32 Å². The van der Waals surface area contributed by atoms with Gasteiger partial charge in [-0.3, -0.25) is 4.90 Å². The number of nitrogens with one attached hydrogen (secondary N) is 1. The van der Waals surface area contributed by atoms with E-state index in [0.717, 1.165) is 24.2 Å². The number of hydrogen-bond acceptors (Lipinski definition) is 2. The largest absolute Gasteiger partial charge is 0.314 e. The second-order valence-electron chi connectivity index (χ2n) is 6.00. The van der Waals surface area contributed by atoms with Gasteiger partial charge in [0.1, 0.15) is 0 Å². The molecule has 0 heterocycles. The van der Waals surface area contributed by atoms with E-state index >= 15 is 0 Å². The van der Waals surface area contributed by atoms with Gasteiger partial charge in [-0.25, -0.2) is 0 Å². The number of benzene rings is 1. The molecule has 0 aliphatic heterocycles. The molecule has 2 nitrogen and oxygen atoms in total. The molecule has 2 rings (SSSR count). The highest BCUT2D eigenvalue weighted by Crippen LogP contribution is 2.22. The fourth-order valence-electron chi connectivity index (χ4n) is 2.98. The summed E-state index contributed by atoms with van der Waals surface area (Å²) in [5.74, 6) is 0. The van der Waals surface area contributed by atoms with Crippen LogP contribution in [-0.2, 0) is 0 Å². The molecule has 0 radical (unpaired) electrons. The number of halogens is 1. The lowest BCUT2D eigenvalue weighted by atomic mass is 10.1. The van der Waals surface area contributed by atoms with Crippen LogP contribution in [-0.4, -0.2) is 31.1 Å². The zero-order valence-electron chi connectivity index (χ0n) is 12.7. The van der Waals surface area contributed by atoms with Gasteiger partial charge in [0.15, 0.2) is 0 Å². The van der Waals surface area contributed by atoms with Crippen molar-refractivity contribution in [3.63, 3.8) is 0 Å². The summed E-state index contributed by atoms with van der Waals surface area (Å²) in [4.78, 5) is 2.40. The Morgan fingerprint density at radius 3 is 2.80 bits per heavy atom. The van der Waals surface area contributed by atoms with E-state index in [1.54, 1.807) is 0 Å². The molecular formula is C17H27ClN2. The van der Waals surface area contributed by atoms with Crippen LogP contribution in [0.15, 0.2) is 24.3 Å². The molecule has 0 saturated heterocycles. The minimum atomic E-state index is 0.417. The Bertz CT molecular complexity index is 402. The maximum Gasteiger partial charge on any atom is 0.0409 e. The molecule has 1 aromatic rings. The molecule has 1 fully saturated rings. The molecule has 0 aromatic heterocycles. The van der Waals surface area contributed by atoms with E-state index < -0.39 is 0 Å². The Hall–Kier alpha value is -0.570. The number of nitrogens with zero attached hydrogens (tertiary/aromatic N) is 1. The van der Waals surface area contributed by atoms with Gasteiger partial charge in [0.05, 0.1) is 0 Å². The summed E-state index contributed by atoms with van der Waals surface area (Å²) < 4.78 is 0. The van der Waals surface area contributed by atoms with E-state index in [1.165, 1.54) is 37.7 Å². The SMILES string of the molecule is CC(c1cccc(Cl)c1)N(C)CCCNC1CCCC1. The molecule has 1 saturated carbocycles. The first-order chi connectivity index (χ1) is 9.66. The molecule has 1 N–H and O–H groups in total. The van der Waals surface area contributed by atoms with E-state index in [9.17, 15) is 0 Å². The van der Waals surface area contributed by atoms with Gasteiger partial charge in [-0.2, -0.15) is 0 Å². The smallest absolute Gasteiger partial charge is 0.0409 e. The molecule has 1 unspecified atom stereocenters. The summed E-state index contributed by atoms with van der Waals surface area (Å²) in [7, 11) is 2.20. The van der Waals surface area contributed by atoms with Gasteiger partial charge in [0.2, 0.25) is 0 Å². The third-order valence-corrected chi connectivity index (χ3v) is 4.70. The Morgan fingerprint density at radius 1 is 1.35 bits per heavy atom. The van der Waals surface area contributed by atoms with Crippen LogP contribution in [0.4, 0.5) is 0 Å². The van der Waals surface area contributed by atoms with E-state index in [-0.39, 0.29) is 0 Å². The van der Waals surface area contributed by atoms with Crippen molar-refractivity contribution in [2.45, 2.75) is 51.1 Å². The normalized spacial score (nSPS) is 17.8. The second kappa shape index (κ2) is 8.02. The standard InChI is InChI=1S/C17H27ClN2/c1-14(15-7-5-8-16(18)13-15)20(2)12-6-11-19-17-9-3-4-10-17/h5,7-8,13-14,17,19H,3-4,6,9-12H2,1-2H3. The van der Waals surface area contributed by atoms with E-state index in [2.05, 4.69) is 36.3 Å². The van der Waals surface area contributed by atoms with Crippen molar-refractivity contribution in [3.05, 3.63) is 34.9 Å². The zero-order chi connectivity index (χ0) is 14.4. The average Bonchev–Trinajstić information content (AvgIpc) is 2.95. The van der Waals surface area contributed by atoms with E-state index in [0.29, 0.717) is 6.04 Å². The lowest BCUT2D eigenvalue weighted by molar-refractivity contribution is 0.256. The molecule has 0 spiro atoms. The monoisotopic (exact) mass is 294 g/mol. The predicted octanol–water partition coefficient (Wildman–Crippen LogP) is 4.26. The Labute approximate surface area is 128 Å². The molecule has 0 bridgehead atoms. The van der Waals surface area contributed by atoms with Crippen molar-refractivity contribution >= 4 is 11.6 Å². The third kappa shape index (κ3) is 4.76. The summed E-state index contributed by atoms with van der Waals surface area (Å²) in [6, 6.07) is 9.39. The average molecular weight is 295 g/mol. The molecule has 0 amide bonds. The van der Waals surface area contributed by atoms with Crippen LogP contribution in [0.2, 0.25) is 5.02 Å². The third-order valence-electron chi connectivity index (χ3n) is 4.47. The summed E-state index contributed by atoms with van der Waals surface area (Å²) >= 11 is 6.06. The predicted molar refractivity (Wildman–Crippen MR) is 87.4 cm³/mol. The lowest BCUT2D eigenvalue weighted by Crippen LogP contribution is -2.30. The van der Waals surface area contributed by atoms with Gasteiger partial charge in [0.25, 0.3) is 0 Å². The van der Waals surface area contributed by atoms with Gasteiger partial charge in [-0.05, 0) is 64.0 Å². The van der Waals surface area contributed by atoms with Crippen LogP contribution in [0.25, 0.3) is 0 Å². The van der Waals surface area contributed by atoms with Gasteiger partial charge in [0, 0.05) is 17.1 Å². The van der Waals surface area contributed by atoms with Crippen molar-refractivity contribution in [1.82, 2.24) is 10.2 Å². The van der Waals surface area contributed by atoms with E-state index in [4.69, 9.17) is 11.6 Å². The fourth-order valence-corrected chi connectivity index (χ4v) is 3.18. The van der Waals surface area contributed by atoms with Gasteiger partial charge < -0.3 is 5.32 Å². The molecule has 112 valence electrons. The Kier molecular flexibility index (Phi) is 6.34. The number of rotatable bonds is 7. The molecule has 1 aliphatic rings. The molecular weight excluding hydrogens is 268 g/mol. The van der Waals surface area contributed by atoms with Crippen molar-refractivity contribution in [3.8, 4) is 0 Å².